The van der Waals surface area contributed by atoms with E-state index < -0.39 is 6.10 Å². The summed E-state index contributed by atoms with van der Waals surface area (Å²) in [4.78, 5) is 4.77. The molecule has 5 heterocycles. The molecular formula is C45H51N3O8. The highest BCUT2D eigenvalue weighted by molar-refractivity contribution is 5.64. The number of nitrogens with zero attached hydrogens (tertiary/aromatic N) is 2. The summed E-state index contributed by atoms with van der Waals surface area (Å²) < 4.78 is 43.6. The van der Waals surface area contributed by atoms with Crippen molar-refractivity contribution in [3.8, 4) is 46.0 Å². The molecule has 1 unspecified atom stereocenters. The molecule has 0 radical (unpaired) electrons. The molecule has 3 atom stereocenters. The van der Waals surface area contributed by atoms with Crippen LogP contribution in [0.5, 0.6) is 46.0 Å². The second-order valence-corrected chi connectivity index (χ2v) is 14.9. The molecule has 5 aromatic rings. The van der Waals surface area contributed by atoms with E-state index >= 15 is 0 Å². The molecule has 0 amide bonds. The molecule has 11 nitrogen and oxygen atoms in total. The zero-order chi connectivity index (χ0) is 38.8. The molecule has 0 saturated heterocycles. The monoisotopic (exact) mass is 761 g/mol. The Kier molecular flexibility index (Phi) is 11.1. The molecule has 4 aliphatic rings. The minimum atomic E-state index is -0.823. The van der Waals surface area contributed by atoms with Gasteiger partial charge in [0.05, 0.1) is 34.1 Å². The molecule has 2 N–H and O–H groups in total. The molecular weight excluding hydrogens is 711 g/mol. The number of benzene rings is 4. The van der Waals surface area contributed by atoms with Crippen LogP contribution in [-0.4, -0.2) is 82.7 Å². The Hall–Kier alpha value is -5.20. The van der Waals surface area contributed by atoms with Crippen molar-refractivity contribution in [1.82, 2.24) is 15.1 Å². The van der Waals surface area contributed by atoms with Gasteiger partial charge >= 0.3 is 0 Å². The molecule has 56 heavy (non-hydrogen) atoms. The average Bonchev–Trinajstić information content (AvgIpc) is 3.73. The molecule has 0 fully saturated rings. The van der Waals surface area contributed by atoms with E-state index in [0.29, 0.717) is 59.8 Å². The minimum absolute atomic E-state index is 0.00299. The van der Waals surface area contributed by atoms with Gasteiger partial charge in [-0.3, -0.25) is 9.80 Å². The Balaban J connectivity index is 1.26. The summed E-state index contributed by atoms with van der Waals surface area (Å²) >= 11 is 0. The fraction of sp³-hybridized carbons (Fsp3) is 0.378. The van der Waals surface area contributed by atoms with Gasteiger partial charge in [-0.2, -0.15) is 0 Å². The van der Waals surface area contributed by atoms with Crippen LogP contribution >= 0.6 is 0 Å². The van der Waals surface area contributed by atoms with E-state index in [2.05, 4.69) is 71.7 Å². The van der Waals surface area contributed by atoms with Crippen LogP contribution in [0.2, 0.25) is 0 Å². The highest BCUT2D eigenvalue weighted by Gasteiger charge is 2.35. The number of fused-ring (bicyclic) bond motifs is 2. The van der Waals surface area contributed by atoms with Gasteiger partial charge in [0.25, 0.3) is 0 Å². The van der Waals surface area contributed by atoms with Crippen molar-refractivity contribution in [2.75, 3.05) is 61.7 Å². The molecule has 9 rings (SSSR count). The summed E-state index contributed by atoms with van der Waals surface area (Å²) in [6, 6.07) is 24.6. The number of hydrogen-bond acceptors (Lipinski definition) is 11. The van der Waals surface area contributed by atoms with Crippen LogP contribution in [0.25, 0.3) is 0 Å². The first-order valence-electron chi connectivity index (χ1n) is 19.3. The summed E-state index contributed by atoms with van der Waals surface area (Å²) in [5.74, 6) is 5.61. The maximum Gasteiger partial charge on any atom is 0.204 e. The Bertz CT molecular complexity index is 2140. The van der Waals surface area contributed by atoms with E-state index in [9.17, 15) is 5.11 Å². The molecule has 4 aromatic carbocycles. The lowest BCUT2D eigenvalue weighted by Gasteiger charge is -2.37. The SMILES string of the molecule is COc1ccc2cc1Oc1ccc(cc1)C[C@H]1c3cc(c(OC)cc3CCN1C)Oc1c(OCC(O)CNCc3ccco3)c(OC)cc3c1[C@H](C2)N(C)CC3. The predicted molar refractivity (Wildman–Crippen MR) is 213 cm³/mol. The fourth-order valence-corrected chi connectivity index (χ4v) is 8.23. The third-order valence-electron chi connectivity index (χ3n) is 11.3. The van der Waals surface area contributed by atoms with Gasteiger partial charge in [0, 0.05) is 37.3 Å². The predicted octanol–water partition coefficient (Wildman–Crippen LogP) is 7.28. The van der Waals surface area contributed by atoms with Crippen LogP contribution in [0.4, 0.5) is 0 Å². The molecule has 6 bridgehead atoms. The standard InChI is InChI=1S/C45H51N3O8/c1-47-16-14-30-22-39(51-4)41-24-35(30)36(47)19-28-8-11-33(12-9-28)55-40-21-29(10-13-38(40)50-3)20-37-43-31(15-17-48(37)2)23-42(52-5)44(45(43)56-41)54-27-32(49)25-46-26-34-7-6-18-53-34/h6-13,18,21-24,32,36-37,46,49H,14-17,19-20,25-27H2,1-5H3/t32?,36-,37-/m0/s1. The highest BCUT2D eigenvalue weighted by atomic mass is 16.6. The van der Waals surface area contributed by atoms with Gasteiger partial charge in [-0.15, -0.1) is 0 Å². The van der Waals surface area contributed by atoms with Crippen LogP contribution in [-0.2, 0) is 32.2 Å². The first-order chi connectivity index (χ1) is 27.3. The quantitative estimate of drug-likeness (QED) is 0.150. The number of furan rings is 1. The van der Waals surface area contributed by atoms with Crippen LogP contribution in [0, 0.1) is 0 Å². The lowest BCUT2D eigenvalue weighted by atomic mass is 9.87. The van der Waals surface area contributed by atoms with Crippen molar-refractivity contribution in [1.29, 1.82) is 0 Å². The number of ether oxygens (including phenoxy) is 6. The zero-order valence-corrected chi connectivity index (χ0v) is 32.8. The smallest absolute Gasteiger partial charge is 0.204 e. The number of aliphatic hydroxyl groups excluding tert-OH is 1. The van der Waals surface area contributed by atoms with E-state index in [0.717, 1.165) is 60.6 Å². The number of aliphatic hydroxyl groups is 1. The van der Waals surface area contributed by atoms with E-state index in [1.807, 2.05) is 30.3 Å². The van der Waals surface area contributed by atoms with Crippen LogP contribution in [0.1, 0.15) is 51.2 Å². The lowest BCUT2D eigenvalue weighted by Crippen LogP contribution is -2.34. The van der Waals surface area contributed by atoms with Crippen molar-refractivity contribution in [3.63, 3.8) is 0 Å². The van der Waals surface area contributed by atoms with Crippen molar-refractivity contribution in [2.45, 2.75) is 50.4 Å². The Labute approximate surface area is 328 Å². The first-order valence-corrected chi connectivity index (χ1v) is 19.3. The van der Waals surface area contributed by atoms with Crippen molar-refractivity contribution in [2.24, 2.45) is 0 Å². The molecule has 0 spiro atoms. The topological polar surface area (TPSA) is 107 Å². The minimum Gasteiger partial charge on any atom is -0.493 e. The fourth-order valence-electron chi connectivity index (χ4n) is 8.23. The molecule has 4 aliphatic heterocycles. The first kappa shape index (κ1) is 37.7. The average molecular weight is 762 g/mol. The summed E-state index contributed by atoms with van der Waals surface area (Å²) in [5.41, 5.74) is 6.82. The molecule has 0 aliphatic carbocycles. The van der Waals surface area contributed by atoms with Crippen LogP contribution in [0.15, 0.2) is 83.5 Å². The normalized spacial score (nSPS) is 18.5. The van der Waals surface area contributed by atoms with Gasteiger partial charge in [0.2, 0.25) is 5.75 Å². The van der Waals surface area contributed by atoms with E-state index in [4.69, 9.17) is 32.8 Å². The molecule has 0 saturated carbocycles. The maximum absolute atomic E-state index is 11.1. The number of nitrogens with one attached hydrogen (secondary N) is 1. The zero-order valence-electron chi connectivity index (χ0n) is 32.8. The van der Waals surface area contributed by atoms with Gasteiger partial charge in [-0.05, 0) is 122 Å². The second-order valence-electron chi connectivity index (χ2n) is 14.9. The molecule has 1 aromatic heterocycles. The van der Waals surface area contributed by atoms with Gasteiger partial charge in [0.1, 0.15) is 24.2 Å². The second kappa shape index (κ2) is 16.5. The number of rotatable bonds is 10. The Morgan fingerprint density at radius 2 is 1.46 bits per heavy atom. The third-order valence-corrected chi connectivity index (χ3v) is 11.3. The van der Waals surface area contributed by atoms with Crippen molar-refractivity contribution in [3.05, 3.63) is 118 Å². The summed E-state index contributed by atoms with van der Waals surface area (Å²) in [6.45, 7) is 2.55. The van der Waals surface area contributed by atoms with Crippen molar-refractivity contribution < 1.29 is 37.9 Å². The van der Waals surface area contributed by atoms with Crippen LogP contribution < -0.4 is 33.7 Å². The number of methoxy groups -OCH3 is 3. The van der Waals surface area contributed by atoms with Gasteiger partial charge < -0.3 is 43.3 Å². The van der Waals surface area contributed by atoms with E-state index in [1.54, 1.807) is 27.6 Å². The van der Waals surface area contributed by atoms with Crippen molar-refractivity contribution >= 4 is 0 Å². The highest BCUT2D eigenvalue weighted by Crippen LogP contribution is 2.52. The number of likely N-dealkylation sites (N-methyl/N-ethyl adjacent to an activating group) is 2. The van der Waals surface area contributed by atoms with E-state index in [1.165, 1.54) is 16.7 Å². The van der Waals surface area contributed by atoms with Gasteiger partial charge in [0.15, 0.2) is 34.5 Å². The van der Waals surface area contributed by atoms with Gasteiger partial charge in [-0.1, -0.05) is 18.2 Å². The lowest BCUT2D eigenvalue weighted by molar-refractivity contribution is 0.102. The number of hydrogen-bond donors (Lipinski definition) is 2. The Morgan fingerprint density at radius 3 is 2.21 bits per heavy atom. The van der Waals surface area contributed by atoms with Crippen LogP contribution in [0.3, 0.4) is 0 Å². The largest absolute Gasteiger partial charge is 0.493 e. The summed E-state index contributed by atoms with van der Waals surface area (Å²) in [7, 11) is 9.32. The van der Waals surface area contributed by atoms with E-state index in [-0.39, 0.29) is 18.7 Å². The molecule has 294 valence electrons. The van der Waals surface area contributed by atoms with Gasteiger partial charge in [-0.25, -0.2) is 0 Å². The maximum atomic E-state index is 11.1. The molecule has 11 heteroatoms. The Morgan fingerprint density at radius 1 is 0.768 bits per heavy atom. The summed E-state index contributed by atoms with van der Waals surface area (Å²) in [6.07, 6.45) is 3.95. The summed E-state index contributed by atoms with van der Waals surface area (Å²) in [5, 5.41) is 14.4. The third kappa shape index (κ3) is 7.77.